The Labute approximate surface area is 87.5 Å². The van der Waals surface area contributed by atoms with Gasteiger partial charge in [0.25, 0.3) is 0 Å². The summed E-state index contributed by atoms with van der Waals surface area (Å²) in [6.45, 7) is 2.04. The van der Waals surface area contributed by atoms with Crippen molar-refractivity contribution in [2.45, 2.75) is 25.8 Å². The molecule has 0 saturated heterocycles. The molecule has 1 atom stereocenters. The fourth-order valence-electron chi connectivity index (χ4n) is 2.19. The van der Waals surface area contributed by atoms with Gasteiger partial charge < -0.3 is 9.30 Å². The lowest BCUT2D eigenvalue weighted by molar-refractivity contribution is 0.111. The highest BCUT2D eigenvalue weighted by atomic mass is 16.5. The van der Waals surface area contributed by atoms with Gasteiger partial charge >= 0.3 is 0 Å². The molecule has 2 heterocycles. The van der Waals surface area contributed by atoms with Crippen LogP contribution in [0.3, 0.4) is 0 Å². The first kappa shape index (κ1) is 9.96. The van der Waals surface area contributed by atoms with Crippen LogP contribution in [0.5, 0.6) is 5.75 Å². The predicted molar refractivity (Wildman–Crippen MR) is 55.7 cm³/mol. The topological polar surface area (TPSA) is 48.3 Å². The molecule has 0 N–H and O–H groups in total. The normalized spacial score (nSPS) is 18.7. The summed E-state index contributed by atoms with van der Waals surface area (Å²) in [4.78, 5) is 22.6. The molecule has 4 heteroatoms. The van der Waals surface area contributed by atoms with Crippen molar-refractivity contribution in [3.8, 4) is 5.75 Å². The van der Waals surface area contributed by atoms with E-state index >= 15 is 0 Å². The first-order valence-corrected chi connectivity index (χ1v) is 4.96. The smallest absolute Gasteiger partial charge is 0.224 e. The number of aryl methyl sites for hydroxylation is 1. The van der Waals surface area contributed by atoms with E-state index in [1.165, 1.54) is 7.11 Å². The van der Waals surface area contributed by atoms with Crippen LogP contribution in [0, 0.1) is 0 Å². The third kappa shape index (κ3) is 1.37. The lowest BCUT2D eigenvalue weighted by atomic mass is 10.2. The number of carbonyl (C=O) groups is 1. The number of hydrogen-bond acceptors (Lipinski definition) is 3. The fraction of sp³-hybridized carbons (Fsp3) is 0.455. The van der Waals surface area contributed by atoms with Gasteiger partial charge in [-0.1, -0.05) is 0 Å². The SMILES string of the molecule is COc1c(C=O)n2c(cc1=O)CCC2C. The molecule has 1 aromatic heterocycles. The second-order valence-corrected chi connectivity index (χ2v) is 3.79. The van der Waals surface area contributed by atoms with Crippen molar-refractivity contribution >= 4 is 6.29 Å². The van der Waals surface area contributed by atoms with Gasteiger partial charge in [-0.15, -0.1) is 0 Å². The molecule has 0 bridgehead atoms. The molecule has 0 saturated carbocycles. The highest BCUT2D eigenvalue weighted by Gasteiger charge is 2.24. The van der Waals surface area contributed by atoms with E-state index in [1.807, 2.05) is 11.5 Å². The zero-order valence-corrected chi connectivity index (χ0v) is 8.82. The fourth-order valence-corrected chi connectivity index (χ4v) is 2.19. The molecule has 0 spiro atoms. The van der Waals surface area contributed by atoms with Crippen molar-refractivity contribution in [2.75, 3.05) is 7.11 Å². The van der Waals surface area contributed by atoms with Crippen LogP contribution in [0.25, 0.3) is 0 Å². The van der Waals surface area contributed by atoms with Crippen molar-refractivity contribution in [3.63, 3.8) is 0 Å². The minimum absolute atomic E-state index is 0.155. The van der Waals surface area contributed by atoms with E-state index in [1.54, 1.807) is 6.07 Å². The van der Waals surface area contributed by atoms with Crippen LogP contribution in [0.1, 0.15) is 35.6 Å². The van der Waals surface area contributed by atoms with Gasteiger partial charge in [0.15, 0.2) is 12.0 Å². The van der Waals surface area contributed by atoms with Crippen LogP contribution >= 0.6 is 0 Å². The Morgan fingerprint density at radius 3 is 2.93 bits per heavy atom. The quantitative estimate of drug-likeness (QED) is 0.684. The van der Waals surface area contributed by atoms with Gasteiger partial charge in [-0.25, -0.2) is 0 Å². The van der Waals surface area contributed by atoms with Crippen LogP contribution in [0.15, 0.2) is 10.9 Å². The molecule has 1 aromatic rings. The summed E-state index contributed by atoms with van der Waals surface area (Å²) < 4.78 is 6.87. The van der Waals surface area contributed by atoms with Gasteiger partial charge in [0.1, 0.15) is 5.69 Å². The summed E-state index contributed by atoms with van der Waals surface area (Å²) in [6, 6.07) is 1.82. The Morgan fingerprint density at radius 2 is 2.33 bits per heavy atom. The molecule has 4 nitrogen and oxygen atoms in total. The summed E-state index contributed by atoms with van der Waals surface area (Å²) in [7, 11) is 1.41. The molecule has 80 valence electrons. The van der Waals surface area contributed by atoms with E-state index in [9.17, 15) is 9.59 Å². The van der Waals surface area contributed by atoms with E-state index in [-0.39, 0.29) is 17.2 Å². The third-order valence-corrected chi connectivity index (χ3v) is 2.90. The number of aldehydes is 1. The number of rotatable bonds is 2. The Bertz CT molecular complexity index is 462. The van der Waals surface area contributed by atoms with Gasteiger partial charge in [-0.05, 0) is 19.8 Å². The minimum Gasteiger partial charge on any atom is -0.491 e. The van der Waals surface area contributed by atoms with Crippen molar-refractivity contribution < 1.29 is 9.53 Å². The summed E-state index contributed by atoms with van der Waals surface area (Å²) >= 11 is 0. The first-order chi connectivity index (χ1) is 7.19. The zero-order chi connectivity index (χ0) is 11.0. The predicted octanol–water partition coefficient (Wildman–Crippen LogP) is 1.18. The maximum Gasteiger partial charge on any atom is 0.224 e. The van der Waals surface area contributed by atoms with Gasteiger partial charge in [0.2, 0.25) is 5.43 Å². The summed E-state index contributed by atoms with van der Waals surface area (Å²) in [5.74, 6) is 0.155. The third-order valence-electron chi connectivity index (χ3n) is 2.90. The molecular formula is C11H13NO3. The van der Waals surface area contributed by atoms with E-state index in [0.717, 1.165) is 18.5 Å². The highest BCUT2D eigenvalue weighted by Crippen LogP contribution is 2.28. The number of pyridine rings is 1. The van der Waals surface area contributed by atoms with Crippen LogP contribution in [-0.4, -0.2) is 18.0 Å². The molecule has 1 aliphatic rings. The number of ether oxygens (including phenoxy) is 1. The maximum absolute atomic E-state index is 11.6. The molecule has 0 fully saturated rings. The number of hydrogen-bond donors (Lipinski definition) is 0. The number of aromatic nitrogens is 1. The minimum atomic E-state index is -0.208. The monoisotopic (exact) mass is 207 g/mol. The number of nitrogens with zero attached hydrogens (tertiary/aromatic N) is 1. The largest absolute Gasteiger partial charge is 0.491 e. The molecule has 0 amide bonds. The lowest BCUT2D eigenvalue weighted by Crippen LogP contribution is -2.17. The molecule has 0 aromatic carbocycles. The average Bonchev–Trinajstić information content (AvgIpc) is 2.58. The highest BCUT2D eigenvalue weighted by molar-refractivity contribution is 5.77. The molecule has 1 aliphatic heterocycles. The van der Waals surface area contributed by atoms with Gasteiger partial charge in [0, 0.05) is 17.8 Å². The average molecular weight is 207 g/mol. The Hall–Kier alpha value is -1.58. The lowest BCUT2D eigenvalue weighted by Gasteiger charge is -2.15. The second kappa shape index (κ2) is 3.53. The van der Waals surface area contributed by atoms with Crippen molar-refractivity contribution in [1.29, 1.82) is 0 Å². The molecule has 0 radical (unpaired) electrons. The van der Waals surface area contributed by atoms with Crippen LogP contribution in [0.2, 0.25) is 0 Å². The van der Waals surface area contributed by atoms with Crippen molar-refractivity contribution in [2.24, 2.45) is 0 Å². The van der Waals surface area contributed by atoms with E-state index in [2.05, 4.69) is 0 Å². The first-order valence-electron chi connectivity index (χ1n) is 4.96. The zero-order valence-electron chi connectivity index (χ0n) is 8.82. The Kier molecular flexibility index (Phi) is 2.34. The number of fused-ring (bicyclic) bond motifs is 1. The standard InChI is InChI=1S/C11H13NO3/c1-7-3-4-8-5-10(14)11(15-2)9(6-13)12(7)8/h5-7H,3-4H2,1-2H3. The van der Waals surface area contributed by atoms with Crippen LogP contribution in [0.4, 0.5) is 0 Å². The Morgan fingerprint density at radius 1 is 1.60 bits per heavy atom. The van der Waals surface area contributed by atoms with E-state index in [4.69, 9.17) is 4.74 Å². The van der Waals surface area contributed by atoms with Gasteiger partial charge in [-0.2, -0.15) is 0 Å². The molecule has 1 unspecified atom stereocenters. The van der Waals surface area contributed by atoms with E-state index < -0.39 is 0 Å². The number of carbonyl (C=O) groups excluding carboxylic acids is 1. The van der Waals surface area contributed by atoms with Crippen LogP contribution in [-0.2, 0) is 6.42 Å². The molecular weight excluding hydrogens is 194 g/mol. The van der Waals surface area contributed by atoms with E-state index in [0.29, 0.717) is 12.0 Å². The van der Waals surface area contributed by atoms with Crippen molar-refractivity contribution in [3.05, 3.63) is 27.7 Å². The van der Waals surface area contributed by atoms with Crippen LogP contribution < -0.4 is 10.2 Å². The molecule has 0 aliphatic carbocycles. The second-order valence-electron chi connectivity index (χ2n) is 3.79. The summed E-state index contributed by atoms with van der Waals surface area (Å²) in [5.41, 5.74) is 1.08. The molecule has 2 rings (SSSR count). The summed E-state index contributed by atoms with van der Waals surface area (Å²) in [6.07, 6.45) is 2.51. The number of methoxy groups -OCH3 is 1. The Balaban J connectivity index is 2.77. The maximum atomic E-state index is 11.6. The van der Waals surface area contributed by atoms with Gasteiger partial charge in [-0.3, -0.25) is 9.59 Å². The molecule has 15 heavy (non-hydrogen) atoms. The van der Waals surface area contributed by atoms with Crippen molar-refractivity contribution in [1.82, 2.24) is 4.57 Å². The summed E-state index contributed by atoms with van der Waals surface area (Å²) in [5, 5.41) is 0. The van der Waals surface area contributed by atoms with Gasteiger partial charge in [0.05, 0.1) is 7.11 Å².